The minimum atomic E-state index is -0.708. The Kier molecular flexibility index (Phi) is 8.89. The van der Waals surface area contributed by atoms with E-state index in [0.717, 1.165) is 11.1 Å². The molecule has 0 spiro atoms. The molecule has 2 aromatic carbocycles. The molecule has 1 saturated heterocycles. The molecular weight excluding hydrogens is 558 g/mol. The van der Waals surface area contributed by atoms with Gasteiger partial charge in [-0.25, -0.2) is 9.79 Å². The van der Waals surface area contributed by atoms with E-state index >= 15 is 0 Å². The molecule has 0 saturated carbocycles. The van der Waals surface area contributed by atoms with Gasteiger partial charge in [0.15, 0.2) is 11.4 Å². The molecule has 0 unspecified atom stereocenters. The minimum absolute atomic E-state index is 0.0514. The van der Waals surface area contributed by atoms with Crippen LogP contribution in [-0.4, -0.2) is 67.5 Å². The standard InChI is InChI=1S/C31H33N3O7S/c1-19(2)41-30(37)27-20(3)32-31-34(28(27)22-7-11-23(38-4)12-8-22)29(36)25(42-31)17-21-5-9-24(10-6-21)40-18-26(35)33-13-15-39-16-14-33/h5-12,17,19,28H,13-16,18H2,1-4H3/b25-17+/t28-/m0/s1. The first-order valence-corrected chi connectivity index (χ1v) is 14.5. The van der Waals surface area contributed by atoms with Gasteiger partial charge < -0.3 is 23.8 Å². The van der Waals surface area contributed by atoms with E-state index in [1.54, 1.807) is 67.7 Å². The average molecular weight is 592 g/mol. The predicted molar refractivity (Wildman–Crippen MR) is 157 cm³/mol. The molecule has 220 valence electrons. The number of hydrogen-bond donors (Lipinski definition) is 0. The highest BCUT2D eigenvalue weighted by molar-refractivity contribution is 7.07. The summed E-state index contributed by atoms with van der Waals surface area (Å²) in [5, 5.41) is 0. The topological polar surface area (TPSA) is 109 Å². The summed E-state index contributed by atoms with van der Waals surface area (Å²) < 4.78 is 23.9. The number of allylic oxidation sites excluding steroid dienone is 1. The van der Waals surface area contributed by atoms with Crippen LogP contribution in [-0.2, 0) is 19.1 Å². The Morgan fingerprint density at radius 3 is 2.38 bits per heavy atom. The van der Waals surface area contributed by atoms with Crippen LogP contribution in [0.1, 0.15) is 37.9 Å². The number of thiazole rings is 1. The maximum Gasteiger partial charge on any atom is 0.338 e. The van der Waals surface area contributed by atoms with E-state index in [-0.39, 0.29) is 24.2 Å². The molecule has 10 nitrogen and oxygen atoms in total. The third kappa shape index (κ3) is 6.32. The highest BCUT2D eigenvalue weighted by Gasteiger charge is 2.33. The highest BCUT2D eigenvalue weighted by atomic mass is 32.1. The zero-order valence-electron chi connectivity index (χ0n) is 24.0. The Labute approximate surface area is 247 Å². The summed E-state index contributed by atoms with van der Waals surface area (Å²) in [4.78, 5) is 46.3. The van der Waals surface area contributed by atoms with Gasteiger partial charge >= 0.3 is 5.97 Å². The molecule has 1 fully saturated rings. The zero-order valence-corrected chi connectivity index (χ0v) is 24.8. The smallest absolute Gasteiger partial charge is 0.338 e. The van der Waals surface area contributed by atoms with Crippen LogP contribution in [0.5, 0.6) is 11.5 Å². The molecule has 1 amide bonds. The van der Waals surface area contributed by atoms with Crippen LogP contribution in [0.4, 0.5) is 0 Å². The van der Waals surface area contributed by atoms with Crippen LogP contribution in [0.15, 0.2) is 69.6 Å². The maximum absolute atomic E-state index is 13.8. The van der Waals surface area contributed by atoms with Crippen LogP contribution < -0.4 is 24.4 Å². The number of methoxy groups -OCH3 is 1. The molecule has 3 aromatic rings. The van der Waals surface area contributed by atoms with Crippen molar-refractivity contribution in [2.45, 2.75) is 32.9 Å². The van der Waals surface area contributed by atoms with Crippen molar-refractivity contribution in [1.29, 1.82) is 0 Å². The minimum Gasteiger partial charge on any atom is -0.497 e. The molecule has 3 heterocycles. The maximum atomic E-state index is 13.8. The first-order valence-electron chi connectivity index (χ1n) is 13.7. The molecule has 2 aliphatic heterocycles. The lowest BCUT2D eigenvalue weighted by molar-refractivity contribution is -0.143. The van der Waals surface area contributed by atoms with E-state index in [1.165, 1.54) is 11.3 Å². The number of benzene rings is 2. The van der Waals surface area contributed by atoms with Crippen LogP contribution in [0.3, 0.4) is 0 Å². The van der Waals surface area contributed by atoms with Gasteiger partial charge in [0.05, 0.1) is 48.3 Å². The van der Waals surface area contributed by atoms with Crippen LogP contribution in [0.2, 0.25) is 0 Å². The van der Waals surface area contributed by atoms with Crippen molar-refractivity contribution in [3.8, 4) is 11.5 Å². The molecule has 0 bridgehead atoms. The zero-order chi connectivity index (χ0) is 29.8. The van der Waals surface area contributed by atoms with Crippen molar-refractivity contribution in [1.82, 2.24) is 9.47 Å². The molecule has 0 N–H and O–H groups in total. The second-order valence-electron chi connectivity index (χ2n) is 10.2. The van der Waals surface area contributed by atoms with Crippen LogP contribution in [0, 0.1) is 0 Å². The number of hydrogen-bond acceptors (Lipinski definition) is 9. The van der Waals surface area contributed by atoms with Crippen molar-refractivity contribution < 1.29 is 28.5 Å². The van der Waals surface area contributed by atoms with Crippen molar-refractivity contribution in [2.75, 3.05) is 40.0 Å². The fourth-order valence-corrected chi connectivity index (χ4v) is 5.87. The SMILES string of the molecule is COc1ccc([C@H]2C(C(=O)OC(C)C)=C(C)N=c3s/c(=C/c4ccc(OCC(=O)N5CCOCC5)cc4)c(=O)n32)cc1. The normalized spacial score (nSPS) is 17.1. The Hall–Kier alpha value is -4.22. The monoisotopic (exact) mass is 591 g/mol. The lowest BCUT2D eigenvalue weighted by Gasteiger charge is -2.26. The van der Waals surface area contributed by atoms with E-state index in [4.69, 9.17) is 18.9 Å². The average Bonchev–Trinajstić information content (AvgIpc) is 3.29. The van der Waals surface area contributed by atoms with E-state index in [0.29, 0.717) is 58.4 Å². The number of aromatic nitrogens is 1. The molecule has 1 atom stereocenters. The lowest BCUT2D eigenvalue weighted by Crippen LogP contribution is -2.42. The number of amides is 1. The lowest BCUT2D eigenvalue weighted by atomic mass is 9.96. The predicted octanol–water partition coefficient (Wildman–Crippen LogP) is 2.43. The third-order valence-electron chi connectivity index (χ3n) is 6.92. The largest absolute Gasteiger partial charge is 0.497 e. The summed E-state index contributed by atoms with van der Waals surface area (Å²) in [7, 11) is 1.58. The van der Waals surface area contributed by atoms with Gasteiger partial charge in [-0.3, -0.25) is 14.2 Å². The molecule has 1 aromatic heterocycles. The molecular formula is C31H33N3O7S. The van der Waals surface area contributed by atoms with Gasteiger partial charge in [-0.2, -0.15) is 0 Å². The number of rotatable bonds is 8. The van der Waals surface area contributed by atoms with Gasteiger partial charge in [0, 0.05) is 13.1 Å². The van der Waals surface area contributed by atoms with Crippen molar-refractivity contribution in [3.05, 3.63) is 90.6 Å². The molecule has 42 heavy (non-hydrogen) atoms. The molecule has 5 rings (SSSR count). The van der Waals surface area contributed by atoms with Gasteiger partial charge in [0.2, 0.25) is 0 Å². The van der Waals surface area contributed by atoms with Crippen molar-refractivity contribution in [3.63, 3.8) is 0 Å². The second kappa shape index (κ2) is 12.7. The highest BCUT2D eigenvalue weighted by Crippen LogP contribution is 2.32. The van der Waals surface area contributed by atoms with Crippen molar-refractivity contribution in [2.24, 2.45) is 4.99 Å². The summed E-state index contributed by atoms with van der Waals surface area (Å²) in [5.74, 6) is 0.626. The molecule has 2 aliphatic rings. The summed E-state index contributed by atoms with van der Waals surface area (Å²) >= 11 is 1.25. The van der Waals surface area contributed by atoms with E-state index in [9.17, 15) is 14.4 Å². The summed E-state index contributed by atoms with van der Waals surface area (Å²) in [6.07, 6.45) is 1.45. The Balaban J connectivity index is 1.44. The van der Waals surface area contributed by atoms with Gasteiger partial charge in [0.25, 0.3) is 11.5 Å². The number of morpholine rings is 1. The summed E-state index contributed by atoms with van der Waals surface area (Å²) in [5.41, 5.74) is 2.08. The van der Waals surface area contributed by atoms with Gasteiger partial charge in [0.1, 0.15) is 11.5 Å². The van der Waals surface area contributed by atoms with Gasteiger partial charge in [-0.05, 0) is 62.2 Å². The number of fused-ring (bicyclic) bond motifs is 1. The first kappa shape index (κ1) is 29.3. The quantitative estimate of drug-likeness (QED) is 0.370. The Morgan fingerprint density at radius 1 is 1.07 bits per heavy atom. The van der Waals surface area contributed by atoms with Gasteiger partial charge in [-0.1, -0.05) is 35.6 Å². The number of carbonyl (C=O) groups excluding carboxylic acids is 2. The van der Waals surface area contributed by atoms with Crippen LogP contribution >= 0.6 is 11.3 Å². The number of esters is 1. The second-order valence-corrected chi connectivity index (χ2v) is 11.2. The Morgan fingerprint density at radius 2 is 1.74 bits per heavy atom. The third-order valence-corrected chi connectivity index (χ3v) is 7.90. The molecule has 0 aliphatic carbocycles. The fourth-order valence-electron chi connectivity index (χ4n) is 4.82. The van der Waals surface area contributed by atoms with Crippen molar-refractivity contribution >= 4 is 29.3 Å². The first-order chi connectivity index (χ1) is 20.2. The van der Waals surface area contributed by atoms with E-state index in [2.05, 4.69) is 4.99 Å². The van der Waals surface area contributed by atoms with Gasteiger partial charge in [-0.15, -0.1) is 0 Å². The molecule has 11 heteroatoms. The summed E-state index contributed by atoms with van der Waals surface area (Å²) in [6, 6.07) is 13.7. The summed E-state index contributed by atoms with van der Waals surface area (Å²) in [6.45, 7) is 7.48. The van der Waals surface area contributed by atoms with E-state index in [1.807, 2.05) is 24.3 Å². The number of ether oxygens (including phenoxy) is 4. The van der Waals surface area contributed by atoms with E-state index < -0.39 is 12.0 Å². The molecule has 0 radical (unpaired) electrons. The van der Waals surface area contributed by atoms with Crippen LogP contribution in [0.25, 0.3) is 6.08 Å². The number of carbonyl (C=O) groups is 2. The fraction of sp³-hybridized carbons (Fsp3) is 0.355. The number of nitrogens with zero attached hydrogens (tertiary/aromatic N) is 3. The Bertz CT molecular complexity index is 1660.